The Labute approximate surface area is 254 Å². The fraction of sp³-hybridized carbons (Fsp3) is 0. The van der Waals surface area contributed by atoms with Crippen LogP contribution in [0.5, 0.6) is 0 Å². The summed E-state index contributed by atoms with van der Waals surface area (Å²) < 4.78 is 13.1. The summed E-state index contributed by atoms with van der Waals surface area (Å²) in [6.45, 7) is 0. The molecule has 0 aliphatic rings. The van der Waals surface area contributed by atoms with Crippen LogP contribution in [0, 0.1) is 0 Å². The Bertz CT molecular complexity index is 2270. The van der Waals surface area contributed by atoms with E-state index in [4.69, 9.17) is 8.83 Å². The van der Waals surface area contributed by atoms with Crippen LogP contribution in [0.1, 0.15) is 0 Å². The van der Waals surface area contributed by atoms with Crippen LogP contribution in [0.4, 0.5) is 0 Å². The van der Waals surface area contributed by atoms with Gasteiger partial charge in [-0.15, -0.1) is 0 Å². The maximum Gasteiger partial charge on any atom is 0.143 e. The molecule has 0 bridgehead atoms. The first-order valence-corrected chi connectivity index (χ1v) is 14.9. The molecule has 44 heavy (non-hydrogen) atoms. The summed E-state index contributed by atoms with van der Waals surface area (Å²) in [5.74, 6) is 0. The molecule has 0 amide bonds. The first kappa shape index (κ1) is 24.7. The first-order valence-electron chi connectivity index (χ1n) is 14.9. The van der Waals surface area contributed by atoms with Gasteiger partial charge in [0.1, 0.15) is 22.3 Å². The van der Waals surface area contributed by atoms with Crippen molar-refractivity contribution in [2.75, 3.05) is 0 Å². The SMILES string of the molecule is c1ccc(-c2ccc(-c3cccc4c3oc3cc5oc6c(-c7ccc(-c8ccccc8)cc7)cccc6c5cc34)cc2)cc1. The zero-order valence-corrected chi connectivity index (χ0v) is 23.8. The monoisotopic (exact) mass is 562 g/mol. The second kappa shape index (κ2) is 9.86. The largest absolute Gasteiger partial charge is 0.455 e. The van der Waals surface area contributed by atoms with Gasteiger partial charge in [0.2, 0.25) is 0 Å². The van der Waals surface area contributed by atoms with Crippen LogP contribution >= 0.6 is 0 Å². The van der Waals surface area contributed by atoms with E-state index < -0.39 is 0 Å². The highest BCUT2D eigenvalue weighted by molar-refractivity contribution is 6.18. The van der Waals surface area contributed by atoms with Gasteiger partial charge in [0.25, 0.3) is 0 Å². The van der Waals surface area contributed by atoms with E-state index in [9.17, 15) is 0 Å². The molecule has 0 N–H and O–H groups in total. The van der Waals surface area contributed by atoms with E-state index in [1.54, 1.807) is 0 Å². The van der Waals surface area contributed by atoms with Crippen LogP contribution in [0.25, 0.3) is 88.4 Å². The Morgan fingerprint density at radius 1 is 0.273 bits per heavy atom. The third-order valence-corrected chi connectivity index (χ3v) is 8.72. The number of benzene rings is 7. The van der Waals surface area contributed by atoms with E-state index in [0.29, 0.717) is 0 Å². The van der Waals surface area contributed by atoms with Gasteiger partial charge in [0, 0.05) is 38.7 Å². The molecule has 0 saturated heterocycles. The first-order chi connectivity index (χ1) is 21.8. The Morgan fingerprint density at radius 3 is 1.09 bits per heavy atom. The molecule has 2 nitrogen and oxygen atoms in total. The predicted molar refractivity (Wildman–Crippen MR) is 183 cm³/mol. The number of hydrogen-bond acceptors (Lipinski definition) is 2. The van der Waals surface area contributed by atoms with Crippen molar-refractivity contribution in [2.45, 2.75) is 0 Å². The highest BCUT2D eigenvalue weighted by Crippen LogP contribution is 2.42. The van der Waals surface area contributed by atoms with Crippen molar-refractivity contribution >= 4 is 43.9 Å². The van der Waals surface area contributed by atoms with Crippen molar-refractivity contribution in [3.63, 3.8) is 0 Å². The lowest BCUT2D eigenvalue weighted by Crippen LogP contribution is -1.81. The molecule has 0 aliphatic heterocycles. The van der Waals surface area contributed by atoms with Crippen molar-refractivity contribution in [3.8, 4) is 44.5 Å². The third-order valence-electron chi connectivity index (χ3n) is 8.72. The fourth-order valence-corrected chi connectivity index (χ4v) is 6.49. The zero-order valence-electron chi connectivity index (χ0n) is 23.8. The number of hydrogen-bond donors (Lipinski definition) is 0. The Balaban J connectivity index is 1.14. The second-order valence-electron chi connectivity index (χ2n) is 11.3. The van der Waals surface area contributed by atoms with Crippen LogP contribution in [0.3, 0.4) is 0 Å². The van der Waals surface area contributed by atoms with Crippen LogP contribution < -0.4 is 0 Å². The lowest BCUT2D eigenvalue weighted by Gasteiger charge is -2.06. The number of rotatable bonds is 4. The summed E-state index contributed by atoms with van der Waals surface area (Å²) >= 11 is 0. The van der Waals surface area contributed by atoms with Crippen LogP contribution in [0.2, 0.25) is 0 Å². The van der Waals surface area contributed by atoms with Gasteiger partial charge in [-0.1, -0.05) is 146 Å². The zero-order chi connectivity index (χ0) is 29.0. The van der Waals surface area contributed by atoms with Crippen LogP contribution in [0.15, 0.2) is 167 Å². The number of furan rings is 2. The number of para-hydroxylation sites is 2. The minimum atomic E-state index is 0.827. The summed E-state index contributed by atoms with van der Waals surface area (Å²) in [6.07, 6.45) is 0. The molecule has 0 saturated carbocycles. The van der Waals surface area contributed by atoms with Gasteiger partial charge < -0.3 is 8.83 Å². The normalized spacial score (nSPS) is 11.6. The fourth-order valence-electron chi connectivity index (χ4n) is 6.49. The molecule has 9 rings (SSSR count). The average Bonchev–Trinajstić information content (AvgIpc) is 3.65. The van der Waals surface area contributed by atoms with Crippen molar-refractivity contribution in [2.24, 2.45) is 0 Å². The van der Waals surface area contributed by atoms with Gasteiger partial charge in [-0.3, -0.25) is 0 Å². The molecular formula is C42H26O2. The molecule has 7 aromatic carbocycles. The maximum absolute atomic E-state index is 6.57. The molecule has 2 heterocycles. The topological polar surface area (TPSA) is 26.3 Å². The average molecular weight is 563 g/mol. The van der Waals surface area contributed by atoms with E-state index in [2.05, 4.69) is 146 Å². The summed E-state index contributed by atoms with van der Waals surface area (Å²) in [7, 11) is 0. The van der Waals surface area contributed by atoms with E-state index >= 15 is 0 Å². The van der Waals surface area contributed by atoms with Crippen molar-refractivity contribution in [3.05, 3.63) is 158 Å². The molecule has 2 heteroatoms. The second-order valence-corrected chi connectivity index (χ2v) is 11.3. The molecule has 2 aromatic heterocycles. The third kappa shape index (κ3) is 3.96. The van der Waals surface area contributed by atoms with Gasteiger partial charge >= 0.3 is 0 Å². The van der Waals surface area contributed by atoms with E-state index in [1.165, 1.54) is 22.3 Å². The Kier molecular flexibility index (Phi) is 5.54. The molecule has 0 fully saturated rings. The Morgan fingerprint density at radius 2 is 0.659 bits per heavy atom. The molecule has 0 spiro atoms. The summed E-state index contributed by atoms with van der Waals surface area (Å²) in [6, 6.07) is 55.4. The van der Waals surface area contributed by atoms with E-state index in [-0.39, 0.29) is 0 Å². The molecular weight excluding hydrogens is 536 g/mol. The lowest BCUT2D eigenvalue weighted by molar-refractivity contribution is 0.657. The molecule has 0 unspecified atom stereocenters. The van der Waals surface area contributed by atoms with E-state index in [1.807, 2.05) is 12.1 Å². The lowest BCUT2D eigenvalue weighted by atomic mass is 9.98. The summed E-state index contributed by atoms with van der Waals surface area (Å²) in [5.41, 5.74) is 12.7. The maximum atomic E-state index is 6.57. The van der Waals surface area contributed by atoms with Gasteiger partial charge in [0.15, 0.2) is 0 Å². The minimum Gasteiger partial charge on any atom is -0.455 e. The van der Waals surface area contributed by atoms with Crippen molar-refractivity contribution < 1.29 is 8.83 Å². The molecule has 0 atom stereocenters. The van der Waals surface area contributed by atoms with Gasteiger partial charge in [0.05, 0.1) is 0 Å². The Hall–Kier alpha value is -5.86. The highest BCUT2D eigenvalue weighted by atomic mass is 16.3. The van der Waals surface area contributed by atoms with Gasteiger partial charge in [-0.05, 0) is 39.4 Å². The van der Waals surface area contributed by atoms with Crippen molar-refractivity contribution in [1.29, 1.82) is 0 Å². The van der Waals surface area contributed by atoms with Crippen molar-refractivity contribution in [1.82, 2.24) is 0 Å². The smallest absolute Gasteiger partial charge is 0.143 e. The summed E-state index contributed by atoms with van der Waals surface area (Å²) in [5, 5.41) is 4.40. The van der Waals surface area contributed by atoms with Crippen LogP contribution in [-0.2, 0) is 0 Å². The standard InChI is InChI=1S/C42H26O2/c1-3-9-27(10-4-1)29-17-21-31(22-18-29)33-13-7-15-35-37-25-38-36-16-8-14-34(42(36)44-40(38)26-39(37)43-41(33)35)32-23-19-30(20-24-32)28-11-5-2-6-12-28/h1-26H. The predicted octanol–water partition coefficient (Wildman–Crippen LogP) is 12.2. The summed E-state index contributed by atoms with van der Waals surface area (Å²) in [4.78, 5) is 0. The minimum absolute atomic E-state index is 0.827. The van der Waals surface area contributed by atoms with Crippen LogP contribution in [-0.4, -0.2) is 0 Å². The van der Waals surface area contributed by atoms with E-state index in [0.717, 1.165) is 66.1 Å². The quantitative estimate of drug-likeness (QED) is 0.213. The molecule has 9 aromatic rings. The molecule has 0 radical (unpaired) electrons. The molecule has 0 aliphatic carbocycles. The molecule has 206 valence electrons. The van der Waals surface area contributed by atoms with Gasteiger partial charge in [-0.2, -0.15) is 0 Å². The van der Waals surface area contributed by atoms with Gasteiger partial charge in [-0.25, -0.2) is 0 Å². The highest BCUT2D eigenvalue weighted by Gasteiger charge is 2.18. The number of fused-ring (bicyclic) bond motifs is 6.